The van der Waals surface area contributed by atoms with Crippen molar-refractivity contribution in [2.45, 2.75) is 13.3 Å². The van der Waals surface area contributed by atoms with Crippen molar-refractivity contribution in [3.63, 3.8) is 0 Å². The molecule has 0 radical (unpaired) electrons. The molecule has 0 rings (SSSR count). The van der Waals surface area contributed by atoms with Gasteiger partial charge in [-0.05, 0) is 27.9 Å². The average Bonchev–Trinajstić information content (AvgIpc) is 1.68. The number of nitrogens with one attached hydrogen (secondary N) is 1. The van der Waals surface area contributed by atoms with Crippen molar-refractivity contribution in [2.75, 3.05) is 19.9 Å². The molecule has 0 fully saturated rings. The fourth-order valence-electron chi connectivity index (χ4n) is 0.447. The molecule has 1 N–H and O–H groups in total. The second-order valence-electron chi connectivity index (χ2n) is 1.65. The van der Waals surface area contributed by atoms with Crippen LogP contribution in [0.2, 0.25) is 0 Å². The molecule has 0 aromatic heterocycles. The zero-order valence-corrected chi connectivity index (χ0v) is 6.26. The molecule has 0 aromatic rings. The minimum atomic E-state index is 0.172. The lowest BCUT2D eigenvalue weighted by molar-refractivity contribution is 1.07. The van der Waals surface area contributed by atoms with E-state index in [-0.39, 0.29) is 8.07 Å². The Morgan fingerprint density at radius 2 is 2.14 bits per heavy atom. The second-order valence-corrected chi connectivity index (χ2v) is 3.94. The maximum atomic E-state index is 3.23. The Balaban J connectivity index is 2.83. The topological polar surface area (TPSA) is 12.0 Å². The van der Waals surface area contributed by atoms with E-state index in [9.17, 15) is 0 Å². The fourth-order valence-corrected chi connectivity index (χ4v) is 1.34. The van der Waals surface area contributed by atoms with Gasteiger partial charge in [0, 0.05) is 0 Å². The number of rotatable bonds is 3. The summed E-state index contributed by atoms with van der Waals surface area (Å²) in [5.74, 6) is 0. The summed E-state index contributed by atoms with van der Waals surface area (Å²) in [5, 5.41) is 3.23. The van der Waals surface area contributed by atoms with E-state index >= 15 is 0 Å². The van der Waals surface area contributed by atoms with E-state index in [1.165, 1.54) is 12.6 Å². The van der Waals surface area contributed by atoms with Crippen molar-refractivity contribution in [1.82, 2.24) is 5.09 Å². The third-order valence-electron chi connectivity index (χ3n) is 0.941. The zero-order valence-electron chi connectivity index (χ0n) is 5.36. The SMILES string of the molecule is CCCP(C)NC. The highest BCUT2D eigenvalue weighted by molar-refractivity contribution is 7.54. The molecule has 0 aliphatic carbocycles. The maximum Gasteiger partial charge on any atom is -0.0125 e. The van der Waals surface area contributed by atoms with E-state index in [1.807, 2.05) is 7.05 Å². The van der Waals surface area contributed by atoms with E-state index in [0.29, 0.717) is 0 Å². The van der Waals surface area contributed by atoms with Crippen molar-refractivity contribution in [3.05, 3.63) is 0 Å². The minimum Gasteiger partial charge on any atom is -0.299 e. The lowest BCUT2D eigenvalue weighted by Gasteiger charge is -2.05. The van der Waals surface area contributed by atoms with Crippen LogP contribution in [0.3, 0.4) is 0 Å². The largest absolute Gasteiger partial charge is 0.299 e. The average molecular weight is 119 g/mol. The first kappa shape index (κ1) is 7.39. The van der Waals surface area contributed by atoms with E-state index in [0.717, 1.165) is 0 Å². The Morgan fingerprint density at radius 1 is 1.57 bits per heavy atom. The first-order valence-corrected chi connectivity index (χ1v) is 4.67. The highest BCUT2D eigenvalue weighted by atomic mass is 31.1. The van der Waals surface area contributed by atoms with Crippen molar-refractivity contribution in [3.8, 4) is 0 Å². The predicted octanol–water partition coefficient (Wildman–Crippen LogP) is 1.64. The standard InChI is InChI=1S/C5H14NP/c1-4-5-7(3)6-2/h6H,4-5H2,1-3H3. The molecule has 1 unspecified atom stereocenters. The van der Waals surface area contributed by atoms with Gasteiger partial charge in [0.25, 0.3) is 0 Å². The van der Waals surface area contributed by atoms with Crippen LogP contribution in [0.4, 0.5) is 0 Å². The van der Waals surface area contributed by atoms with Gasteiger partial charge in [0.2, 0.25) is 0 Å². The van der Waals surface area contributed by atoms with E-state index in [1.54, 1.807) is 0 Å². The molecule has 0 amide bonds. The number of hydrogen-bond donors (Lipinski definition) is 1. The number of hydrogen-bond acceptors (Lipinski definition) is 1. The molecule has 0 aromatic carbocycles. The molecule has 0 saturated heterocycles. The van der Waals surface area contributed by atoms with Gasteiger partial charge in [0.1, 0.15) is 0 Å². The monoisotopic (exact) mass is 119 g/mol. The molecule has 0 saturated carbocycles. The molecule has 44 valence electrons. The Hall–Kier alpha value is 0.390. The highest BCUT2D eigenvalue weighted by Crippen LogP contribution is 2.23. The molecule has 0 aliphatic heterocycles. The molecule has 1 atom stereocenters. The molecule has 2 heteroatoms. The maximum absolute atomic E-state index is 3.23. The fraction of sp³-hybridized carbons (Fsp3) is 1.00. The van der Waals surface area contributed by atoms with Crippen LogP contribution in [0.25, 0.3) is 0 Å². The Labute approximate surface area is 47.3 Å². The highest BCUT2D eigenvalue weighted by Gasteiger charge is 1.90. The Morgan fingerprint density at radius 3 is 2.29 bits per heavy atom. The lowest BCUT2D eigenvalue weighted by Crippen LogP contribution is -1.98. The summed E-state index contributed by atoms with van der Waals surface area (Å²) in [6.07, 6.45) is 2.66. The summed E-state index contributed by atoms with van der Waals surface area (Å²) in [7, 11) is 2.20. The lowest BCUT2D eigenvalue weighted by atomic mass is 10.6. The molecule has 0 spiro atoms. The van der Waals surface area contributed by atoms with Gasteiger partial charge in [-0.25, -0.2) is 0 Å². The van der Waals surface area contributed by atoms with Crippen LogP contribution in [0.1, 0.15) is 13.3 Å². The van der Waals surface area contributed by atoms with Crippen molar-refractivity contribution < 1.29 is 0 Å². The zero-order chi connectivity index (χ0) is 5.70. The Bertz CT molecular complexity index is 39.1. The summed E-state index contributed by atoms with van der Waals surface area (Å²) < 4.78 is 0. The Kier molecular flexibility index (Phi) is 4.80. The van der Waals surface area contributed by atoms with Crippen molar-refractivity contribution in [2.24, 2.45) is 0 Å². The van der Waals surface area contributed by atoms with Gasteiger partial charge in [0.05, 0.1) is 0 Å². The van der Waals surface area contributed by atoms with Crippen molar-refractivity contribution in [1.29, 1.82) is 0 Å². The summed E-state index contributed by atoms with van der Waals surface area (Å²) in [4.78, 5) is 0. The van der Waals surface area contributed by atoms with Crippen LogP contribution in [0, 0.1) is 0 Å². The van der Waals surface area contributed by atoms with Gasteiger partial charge in [-0.1, -0.05) is 13.3 Å². The van der Waals surface area contributed by atoms with Gasteiger partial charge in [0.15, 0.2) is 0 Å². The summed E-state index contributed by atoms with van der Waals surface area (Å²) >= 11 is 0. The van der Waals surface area contributed by atoms with Crippen LogP contribution in [-0.2, 0) is 0 Å². The molecular formula is C5H14NP. The molecule has 0 heterocycles. The van der Waals surface area contributed by atoms with Crippen LogP contribution in [0.5, 0.6) is 0 Å². The molecule has 0 bridgehead atoms. The minimum absolute atomic E-state index is 0.172. The third-order valence-corrected chi connectivity index (χ3v) is 2.82. The van der Waals surface area contributed by atoms with Crippen LogP contribution >= 0.6 is 8.07 Å². The smallest absolute Gasteiger partial charge is 0.0125 e. The summed E-state index contributed by atoms with van der Waals surface area (Å²) in [5.41, 5.74) is 0. The van der Waals surface area contributed by atoms with E-state index < -0.39 is 0 Å². The van der Waals surface area contributed by atoms with Crippen LogP contribution in [0.15, 0.2) is 0 Å². The summed E-state index contributed by atoms with van der Waals surface area (Å²) in [6, 6.07) is 0. The predicted molar refractivity (Wildman–Crippen MR) is 37.1 cm³/mol. The first-order chi connectivity index (χ1) is 3.31. The second kappa shape index (κ2) is 4.55. The van der Waals surface area contributed by atoms with Crippen LogP contribution < -0.4 is 5.09 Å². The third kappa shape index (κ3) is 4.24. The first-order valence-electron chi connectivity index (χ1n) is 2.69. The quantitative estimate of drug-likeness (QED) is 0.557. The normalized spacial score (nSPS) is 14.1. The molecular weight excluding hydrogens is 105 g/mol. The van der Waals surface area contributed by atoms with Gasteiger partial charge in [-0.15, -0.1) is 0 Å². The molecule has 7 heavy (non-hydrogen) atoms. The van der Waals surface area contributed by atoms with Crippen LogP contribution in [-0.4, -0.2) is 19.9 Å². The van der Waals surface area contributed by atoms with Gasteiger partial charge in [-0.3, -0.25) is 5.09 Å². The van der Waals surface area contributed by atoms with E-state index in [2.05, 4.69) is 18.7 Å². The van der Waals surface area contributed by atoms with Gasteiger partial charge in [-0.2, -0.15) is 0 Å². The summed E-state index contributed by atoms with van der Waals surface area (Å²) in [6.45, 7) is 4.48. The molecule has 0 aliphatic rings. The van der Waals surface area contributed by atoms with Crippen molar-refractivity contribution >= 4 is 8.07 Å². The molecule has 1 nitrogen and oxygen atoms in total. The van der Waals surface area contributed by atoms with E-state index in [4.69, 9.17) is 0 Å². The van der Waals surface area contributed by atoms with Gasteiger partial charge >= 0.3 is 0 Å². The van der Waals surface area contributed by atoms with Gasteiger partial charge < -0.3 is 0 Å².